The zero-order valence-corrected chi connectivity index (χ0v) is 21.3. The minimum Gasteiger partial charge on any atom is -0.498 e. The molecule has 3 N–H and O–H groups in total. The minimum absolute atomic E-state index is 0.114. The number of β-lactam (4-membered cyclic amide) rings is 1. The second-order valence-electron chi connectivity index (χ2n) is 8.26. The van der Waals surface area contributed by atoms with E-state index in [-0.39, 0.29) is 33.7 Å². The first-order valence-electron chi connectivity index (χ1n) is 10.2. The topological polar surface area (TPSA) is 172 Å². The van der Waals surface area contributed by atoms with Crippen molar-refractivity contribution in [1.29, 1.82) is 0 Å². The molecular weight excluding hydrogens is 502 g/mol. The normalized spacial score (nSPS) is 20.0. The van der Waals surface area contributed by atoms with E-state index in [4.69, 9.17) is 24.8 Å². The number of fused-ring (bicyclic) bond motifs is 1. The number of hydrogen-bond donors (Lipinski definition) is 2. The van der Waals surface area contributed by atoms with Gasteiger partial charge in [0.2, 0.25) is 6.79 Å². The molecule has 1 aromatic rings. The lowest BCUT2D eigenvalue weighted by Gasteiger charge is -2.49. The summed E-state index contributed by atoms with van der Waals surface area (Å²) in [5, 5.41) is 7.47. The van der Waals surface area contributed by atoms with Gasteiger partial charge >= 0.3 is 11.9 Å². The molecule has 2 aliphatic rings. The molecule has 1 saturated heterocycles. The van der Waals surface area contributed by atoms with E-state index < -0.39 is 47.4 Å². The molecule has 3 rings (SSSR count). The van der Waals surface area contributed by atoms with Crippen molar-refractivity contribution in [3.63, 3.8) is 0 Å². The summed E-state index contributed by atoms with van der Waals surface area (Å²) < 4.78 is 15.3. The molecule has 0 spiro atoms. The van der Waals surface area contributed by atoms with Crippen molar-refractivity contribution >= 4 is 57.7 Å². The Morgan fingerprint density at radius 2 is 2.00 bits per heavy atom. The number of amides is 2. The van der Waals surface area contributed by atoms with E-state index in [1.165, 1.54) is 36.3 Å². The molecule has 0 bridgehead atoms. The number of nitrogens with two attached hydrogens (primary N) is 1. The summed E-state index contributed by atoms with van der Waals surface area (Å²) in [5.74, 6) is -2.25. The number of oxime groups is 1. The van der Waals surface area contributed by atoms with Crippen LogP contribution in [-0.2, 0) is 38.2 Å². The fourth-order valence-electron chi connectivity index (χ4n) is 3.06. The SMILES string of the molecule is CON=C(C(=O)NC1C(=O)N2C(C(=O)OCOC(=O)C(C)(C)C)=C(OC)CS[C@@H]12)c1csc(N)n1. The van der Waals surface area contributed by atoms with Gasteiger partial charge in [-0.1, -0.05) is 5.16 Å². The van der Waals surface area contributed by atoms with Gasteiger partial charge in [0, 0.05) is 5.38 Å². The quantitative estimate of drug-likeness (QED) is 0.158. The van der Waals surface area contributed by atoms with Crippen LogP contribution in [0.25, 0.3) is 0 Å². The summed E-state index contributed by atoms with van der Waals surface area (Å²) in [4.78, 5) is 60.4. The summed E-state index contributed by atoms with van der Waals surface area (Å²) in [6.45, 7) is 4.35. The molecule has 2 atom stereocenters. The van der Waals surface area contributed by atoms with E-state index in [9.17, 15) is 19.2 Å². The molecule has 0 aromatic carbocycles. The Morgan fingerprint density at radius 3 is 2.57 bits per heavy atom. The summed E-state index contributed by atoms with van der Waals surface area (Å²) in [6.07, 6.45) is 0. The molecule has 0 radical (unpaired) electrons. The van der Waals surface area contributed by atoms with Crippen molar-refractivity contribution in [2.75, 3.05) is 32.5 Å². The van der Waals surface area contributed by atoms with E-state index in [1.54, 1.807) is 20.8 Å². The van der Waals surface area contributed by atoms with Crippen LogP contribution in [0.4, 0.5) is 5.13 Å². The highest BCUT2D eigenvalue weighted by Gasteiger charge is 2.55. The first-order chi connectivity index (χ1) is 16.5. The smallest absolute Gasteiger partial charge is 0.361 e. The fraction of sp³-hybridized carbons (Fsp3) is 0.500. The monoisotopic (exact) mass is 527 g/mol. The van der Waals surface area contributed by atoms with Gasteiger partial charge < -0.3 is 30.1 Å². The second-order valence-corrected chi connectivity index (χ2v) is 10.3. The largest absolute Gasteiger partial charge is 0.498 e. The zero-order chi connectivity index (χ0) is 25.9. The summed E-state index contributed by atoms with van der Waals surface area (Å²) in [6, 6.07) is -0.953. The number of ether oxygens (including phenoxy) is 3. The average molecular weight is 528 g/mol. The number of aromatic nitrogens is 1. The summed E-state index contributed by atoms with van der Waals surface area (Å²) >= 11 is 2.40. The Hall–Kier alpha value is -3.33. The zero-order valence-electron chi connectivity index (χ0n) is 19.6. The third-order valence-electron chi connectivity index (χ3n) is 4.81. The molecule has 0 aliphatic carbocycles. The van der Waals surface area contributed by atoms with Crippen molar-refractivity contribution < 1.29 is 38.2 Å². The highest BCUT2D eigenvalue weighted by molar-refractivity contribution is 8.00. The average Bonchev–Trinajstić information content (AvgIpc) is 3.24. The second kappa shape index (κ2) is 10.5. The molecule has 190 valence electrons. The van der Waals surface area contributed by atoms with E-state index in [1.807, 2.05) is 0 Å². The lowest BCUT2D eigenvalue weighted by atomic mass is 9.98. The van der Waals surface area contributed by atoms with Crippen molar-refractivity contribution in [3.8, 4) is 0 Å². The predicted molar refractivity (Wildman–Crippen MR) is 126 cm³/mol. The maximum absolute atomic E-state index is 13.0. The van der Waals surface area contributed by atoms with Gasteiger partial charge in [-0.2, -0.15) is 0 Å². The molecule has 0 saturated carbocycles. The predicted octanol–water partition coefficient (Wildman–Crippen LogP) is 0.424. The van der Waals surface area contributed by atoms with E-state index in [0.717, 1.165) is 11.3 Å². The van der Waals surface area contributed by atoms with Crippen LogP contribution >= 0.6 is 23.1 Å². The first-order valence-corrected chi connectivity index (χ1v) is 12.1. The van der Waals surface area contributed by atoms with Crippen LogP contribution in [0.15, 0.2) is 22.0 Å². The lowest BCUT2D eigenvalue weighted by Crippen LogP contribution is -2.71. The first kappa shape index (κ1) is 26.3. The number of esters is 2. The van der Waals surface area contributed by atoms with E-state index in [0.29, 0.717) is 0 Å². The van der Waals surface area contributed by atoms with Gasteiger partial charge in [0.05, 0.1) is 18.3 Å². The lowest BCUT2D eigenvalue weighted by molar-refractivity contribution is -0.173. The molecule has 13 nitrogen and oxygen atoms in total. The van der Waals surface area contributed by atoms with Crippen LogP contribution in [0, 0.1) is 5.41 Å². The molecule has 35 heavy (non-hydrogen) atoms. The van der Waals surface area contributed by atoms with Gasteiger partial charge in [0.15, 0.2) is 16.5 Å². The van der Waals surface area contributed by atoms with Crippen molar-refractivity contribution in [3.05, 3.63) is 22.5 Å². The number of carbonyl (C=O) groups is 4. The van der Waals surface area contributed by atoms with Crippen LogP contribution in [0.2, 0.25) is 0 Å². The number of carbonyl (C=O) groups excluding carboxylic acids is 4. The van der Waals surface area contributed by atoms with Gasteiger partial charge in [-0.15, -0.1) is 23.1 Å². The highest BCUT2D eigenvalue weighted by Crippen LogP contribution is 2.40. The number of thiazole rings is 1. The molecule has 15 heteroatoms. The number of nitrogens with one attached hydrogen (secondary N) is 1. The molecule has 1 unspecified atom stereocenters. The Morgan fingerprint density at radius 1 is 1.29 bits per heavy atom. The highest BCUT2D eigenvalue weighted by atomic mass is 32.2. The number of anilines is 1. The number of methoxy groups -OCH3 is 1. The maximum atomic E-state index is 13.0. The molecular formula is C20H25N5O8S2. The standard InChI is InChI=1S/C20H25N5O8S2/c1-20(2,3)18(29)33-8-32-17(28)13-10(30-4)7-34-16-12(15(27)25(13)16)23-14(26)11(24-31-5)9-6-35-19(21)22-9/h6,12,16H,7-8H2,1-5H3,(H2,21,22)(H,23,26)/t12?,16-/m0/s1. The van der Waals surface area contributed by atoms with E-state index in [2.05, 4.69) is 15.5 Å². The molecule has 1 fully saturated rings. The van der Waals surface area contributed by atoms with Crippen LogP contribution in [-0.4, -0.2) is 77.5 Å². The Bertz CT molecular complexity index is 1090. The minimum atomic E-state index is -0.953. The summed E-state index contributed by atoms with van der Waals surface area (Å²) in [5.41, 5.74) is 4.79. The van der Waals surface area contributed by atoms with Crippen molar-refractivity contribution in [1.82, 2.24) is 15.2 Å². The molecule has 1 aromatic heterocycles. The van der Waals surface area contributed by atoms with Gasteiger partial charge in [-0.3, -0.25) is 19.3 Å². The van der Waals surface area contributed by atoms with Crippen LogP contribution < -0.4 is 11.1 Å². The van der Waals surface area contributed by atoms with Gasteiger partial charge in [0.25, 0.3) is 11.8 Å². The van der Waals surface area contributed by atoms with Gasteiger partial charge in [-0.25, -0.2) is 9.78 Å². The third-order valence-corrected chi connectivity index (χ3v) is 6.74. The summed E-state index contributed by atoms with van der Waals surface area (Å²) in [7, 11) is 2.63. The molecule has 2 aliphatic heterocycles. The number of rotatable bonds is 8. The van der Waals surface area contributed by atoms with Crippen molar-refractivity contribution in [2.45, 2.75) is 32.2 Å². The maximum Gasteiger partial charge on any atom is 0.361 e. The number of thioether (sulfide) groups is 1. The fourth-order valence-corrected chi connectivity index (χ4v) is 4.92. The Kier molecular flexibility index (Phi) is 7.90. The number of nitrogens with zero attached hydrogens (tertiary/aromatic N) is 3. The van der Waals surface area contributed by atoms with Crippen molar-refractivity contribution in [2.24, 2.45) is 10.6 Å². The number of nitrogen functional groups attached to an aromatic ring is 1. The van der Waals surface area contributed by atoms with Crippen LogP contribution in [0.5, 0.6) is 0 Å². The van der Waals surface area contributed by atoms with Gasteiger partial charge in [-0.05, 0) is 20.8 Å². The Labute approximate surface area is 209 Å². The molecule has 2 amide bonds. The van der Waals surface area contributed by atoms with Crippen LogP contribution in [0.3, 0.4) is 0 Å². The third kappa shape index (κ3) is 5.51. The van der Waals surface area contributed by atoms with Gasteiger partial charge in [0.1, 0.15) is 30.0 Å². The van der Waals surface area contributed by atoms with E-state index >= 15 is 0 Å². The van der Waals surface area contributed by atoms with Crippen LogP contribution in [0.1, 0.15) is 26.5 Å². The Balaban J connectivity index is 1.70. The number of hydrogen-bond acceptors (Lipinski definition) is 13. The molecule has 3 heterocycles.